The lowest BCUT2D eigenvalue weighted by Crippen LogP contribution is -2.36. The fourth-order valence-corrected chi connectivity index (χ4v) is 3.84. The second-order valence-corrected chi connectivity index (χ2v) is 5.69. The highest BCUT2D eigenvalue weighted by molar-refractivity contribution is 5.40. The number of fused-ring (bicyclic) bond motifs is 2. The highest BCUT2D eigenvalue weighted by Crippen LogP contribution is 2.49. The first-order chi connectivity index (χ1) is 8.23. The third-order valence-corrected chi connectivity index (χ3v) is 4.74. The largest absolute Gasteiger partial charge is 0.324 e. The van der Waals surface area contributed by atoms with E-state index in [1.54, 1.807) is 6.07 Å². The molecule has 0 bridgehead atoms. The zero-order valence-electron chi connectivity index (χ0n) is 10.2. The van der Waals surface area contributed by atoms with Crippen LogP contribution in [0.3, 0.4) is 0 Å². The topological polar surface area (TPSA) is 26.0 Å². The van der Waals surface area contributed by atoms with Gasteiger partial charge in [0.25, 0.3) is 0 Å². The molecule has 2 heteroatoms. The van der Waals surface area contributed by atoms with Crippen molar-refractivity contribution in [2.45, 2.75) is 56.4 Å². The summed E-state index contributed by atoms with van der Waals surface area (Å²) in [5, 5.41) is 0. The van der Waals surface area contributed by atoms with Gasteiger partial charge in [0.15, 0.2) is 0 Å². The van der Waals surface area contributed by atoms with Crippen molar-refractivity contribution in [3.05, 3.63) is 35.1 Å². The lowest BCUT2D eigenvalue weighted by Gasteiger charge is -2.44. The van der Waals surface area contributed by atoms with E-state index in [9.17, 15) is 4.39 Å². The Hall–Kier alpha value is -0.890. The van der Waals surface area contributed by atoms with Crippen LogP contribution in [0.1, 0.15) is 62.1 Å². The monoisotopic (exact) mass is 233 g/mol. The second kappa shape index (κ2) is 4.09. The maximum atomic E-state index is 14.0. The van der Waals surface area contributed by atoms with Gasteiger partial charge in [0.1, 0.15) is 5.82 Å². The summed E-state index contributed by atoms with van der Waals surface area (Å²) in [7, 11) is 0. The summed E-state index contributed by atoms with van der Waals surface area (Å²) in [5.41, 5.74) is 8.36. The van der Waals surface area contributed by atoms with Crippen LogP contribution in [-0.2, 0) is 5.41 Å². The van der Waals surface area contributed by atoms with Gasteiger partial charge in [-0.05, 0) is 42.7 Å². The van der Waals surface area contributed by atoms with Crippen LogP contribution in [0.15, 0.2) is 18.2 Å². The lowest BCUT2D eigenvalue weighted by atomic mass is 9.61. The van der Waals surface area contributed by atoms with Crippen LogP contribution < -0.4 is 5.73 Å². The SMILES string of the molecule is NC1CCC2(CCCCC2)c2cccc(F)c21. The van der Waals surface area contributed by atoms with Gasteiger partial charge in [0, 0.05) is 11.6 Å². The van der Waals surface area contributed by atoms with Crippen molar-refractivity contribution in [2.75, 3.05) is 0 Å². The Labute approximate surface area is 102 Å². The molecule has 92 valence electrons. The summed E-state index contributed by atoms with van der Waals surface area (Å²) in [5.74, 6) is -0.0975. The van der Waals surface area contributed by atoms with E-state index >= 15 is 0 Å². The Kier molecular flexibility index (Phi) is 2.70. The van der Waals surface area contributed by atoms with Crippen molar-refractivity contribution >= 4 is 0 Å². The highest BCUT2D eigenvalue weighted by atomic mass is 19.1. The van der Waals surface area contributed by atoms with Crippen molar-refractivity contribution in [3.63, 3.8) is 0 Å². The predicted molar refractivity (Wildman–Crippen MR) is 67.3 cm³/mol. The van der Waals surface area contributed by atoms with E-state index in [4.69, 9.17) is 5.73 Å². The normalized spacial score (nSPS) is 26.8. The van der Waals surface area contributed by atoms with Gasteiger partial charge in [-0.2, -0.15) is 0 Å². The van der Waals surface area contributed by atoms with Crippen molar-refractivity contribution in [1.29, 1.82) is 0 Å². The molecule has 1 nitrogen and oxygen atoms in total. The first kappa shape index (κ1) is 11.2. The zero-order chi connectivity index (χ0) is 11.9. The fraction of sp³-hybridized carbons (Fsp3) is 0.600. The van der Waals surface area contributed by atoms with Crippen LogP contribution in [-0.4, -0.2) is 0 Å². The molecule has 0 aromatic heterocycles. The van der Waals surface area contributed by atoms with Crippen LogP contribution in [0.4, 0.5) is 4.39 Å². The van der Waals surface area contributed by atoms with Gasteiger partial charge >= 0.3 is 0 Å². The molecule has 0 saturated heterocycles. The van der Waals surface area contributed by atoms with Gasteiger partial charge in [-0.15, -0.1) is 0 Å². The molecule has 1 unspecified atom stereocenters. The molecule has 1 spiro atoms. The quantitative estimate of drug-likeness (QED) is 0.724. The van der Waals surface area contributed by atoms with E-state index in [0.717, 1.165) is 18.4 Å². The van der Waals surface area contributed by atoms with Crippen molar-refractivity contribution in [2.24, 2.45) is 5.73 Å². The molecular weight excluding hydrogens is 213 g/mol. The highest BCUT2D eigenvalue weighted by Gasteiger charge is 2.40. The van der Waals surface area contributed by atoms with Crippen LogP contribution in [0.5, 0.6) is 0 Å². The summed E-state index contributed by atoms with van der Waals surface area (Å²) >= 11 is 0. The summed E-state index contributed by atoms with van der Waals surface area (Å²) in [6.45, 7) is 0. The molecule has 1 aromatic rings. The molecule has 1 aromatic carbocycles. The minimum atomic E-state index is -0.0984. The minimum Gasteiger partial charge on any atom is -0.324 e. The van der Waals surface area contributed by atoms with Crippen LogP contribution in [0, 0.1) is 5.82 Å². The summed E-state index contributed by atoms with van der Waals surface area (Å²) in [6, 6.07) is 5.42. The van der Waals surface area contributed by atoms with Crippen molar-refractivity contribution < 1.29 is 4.39 Å². The standard InChI is InChI=1S/C15H20FN/c16-12-6-4-5-11-14(12)13(17)7-10-15(11)8-2-1-3-9-15/h4-6,13H,1-3,7-10,17H2. The van der Waals surface area contributed by atoms with Gasteiger partial charge in [-0.3, -0.25) is 0 Å². The van der Waals surface area contributed by atoms with Crippen molar-refractivity contribution in [3.8, 4) is 0 Å². The van der Waals surface area contributed by atoms with E-state index in [1.165, 1.54) is 37.7 Å². The van der Waals surface area contributed by atoms with Crippen LogP contribution in [0.25, 0.3) is 0 Å². The Bertz CT molecular complexity index is 421. The Balaban J connectivity index is 2.11. The van der Waals surface area contributed by atoms with Crippen LogP contribution in [0.2, 0.25) is 0 Å². The summed E-state index contributed by atoms with van der Waals surface area (Å²) < 4.78 is 14.0. The first-order valence-corrected chi connectivity index (χ1v) is 6.77. The predicted octanol–water partition coefficient (Wildman–Crippen LogP) is 3.82. The van der Waals surface area contributed by atoms with E-state index in [0.29, 0.717) is 0 Å². The number of nitrogens with two attached hydrogens (primary N) is 1. The number of hydrogen-bond donors (Lipinski definition) is 1. The average molecular weight is 233 g/mol. The second-order valence-electron chi connectivity index (χ2n) is 5.69. The van der Waals surface area contributed by atoms with Gasteiger partial charge in [0.2, 0.25) is 0 Å². The van der Waals surface area contributed by atoms with E-state index < -0.39 is 0 Å². The molecule has 3 rings (SSSR count). The molecule has 2 aliphatic rings. The lowest BCUT2D eigenvalue weighted by molar-refractivity contribution is 0.241. The fourth-order valence-electron chi connectivity index (χ4n) is 3.84. The first-order valence-electron chi connectivity index (χ1n) is 6.77. The molecule has 2 N–H and O–H groups in total. The molecule has 2 aliphatic carbocycles. The Morgan fingerprint density at radius 2 is 1.88 bits per heavy atom. The third-order valence-electron chi connectivity index (χ3n) is 4.74. The number of rotatable bonds is 0. The van der Waals surface area contributed by atoms with Gasteiger partial charge in [-0.1, -0.05) is 31.4 Å². The molecule has 0 aliphatic heterocycles. The minimum absolute atomic E-state index is 0.0975. The van der Waals surface area contributed by atoms with E-state index in [1.807, 2.05) is 6.07 Å². The third kappa shape index (κ3) is 1.70. The summed E-state index contributed by atoms with van der Waals surface area (Å²) in [4.78, 5) is 0. The van der Waals surface area contributed by atoms with Crippen molar-refractivity contribution in [1.82, 2.24) is 0 Å². The van der Waals surface area contributed by atoms with Gasteiger partial charge in [0.05, 0.1) is 0 Å². The van der Waals surface area contributed by atoms with Crippen LogP contribution >= 0.6 is 0 Å². The molecule has 1 fully saturated rings. The average Bonchev–Trinajstić information content (AvgIpc) is 2.36. The molecule has 1 saturated carbocycles. The zero-order valence-corrected chi connectivity index (χ0v) is 10.2. The molecule has 0 amide bonds. The van der Waals surface area contributed by atoms with Gasteiger partial charge in [-0.25, -0.2) is 4.39 Å². The van der Waals surface area contributed by atoms with E-state index in [2.05, 4.69) is 6.07 Å². The number of benzene rings is 1. The number of halogens is 1. The molecule has 17 heavy (non-hydrogen) atoms. The smallest absolute Gasteiger partial charge is 0.128 e. The number of hydrogen-bond acceptors (Lipinski definition) is 1. The molecule has 0 radical (unpaired) electrons. The van der Waals surface area contributed by atoms with E-state index in [-0.39, 0.29) is 17.3 Å². The molecule has 0 heterocycles. The maximum absolute atomic E-state index is 14.0. The maximum Gasteiger partial charge on any atom is 0.128 e. The Morgan fingerprint density at radius 3 is 2.65 bits per heavy atom. The summed E-state index contributed by atoms with van der Waals surface area (Å²) in [6.07, 6.45) is 8.42. The molecule has 1 atom stereocenters. The van der Waals surface area contributed by atoms with Gasteiger partial charge < -0.3 is 5.73 Å². The Morgan fingerprint density at radius 1 is 1.12 bits per heavy atom. The molecular formula is C15H20FN.